The zero-order valence-electron chi connectivity index (χ0n) is 10.7. The average molecular weight is 277 g/mol. The first kappa shape index (κ1) is 15.5. The first-order valence-corrected chi connectivity index (χ1v) is 5.84. The summed E-state index contributed by atoms with van der Waals surface area (Å²) in [5, 5.41) is 11.1. The zero-order valence-corrected chi connectivity index (χ0v) is 10.7. The van der Waals surface area contributed by atoms with Crippen LogP contribution in [0.15, 0.2) is 30.3 Å². The van der Waals surface area contributed by atoms with Gasteiger partial charge >= 0.3 is 12.1 Å². The third-order valence-electron chi connectivity index (χ3n) is 2.27. The van der Waals surface area contributed by atoms with Crippen molar-refractivity contribution in [3.63, 3.8) is 0 Å². The second-order valence-electron chi connectivity index (χ2n) is 3.82. The van der Waals surface area contributed by atoms with Gasteiger partial charge in [0.15, 0.2) is 6.04 Å². The SMILES string of the molecule is C#CCOC[C@H](NC(=O)OCc1ccccc1)C(=O)O. The molecule has 20 heavy (non-hydrogen) atoms. The quantitative estimate of drug-likeness (QED) is 0.574. The fourth-order valence-electron chi connectivity index (χ4n) is 1.32. The summed E-state index contributed by atoms with van der Waals surface area (Å²) < 4.78 is 9.79. The second kappa shape index (κ2) is 8.56. The Kier molecular flexibility index (Phi) is 6.65. The van der Waals surface area contributed by atoms with Crippen molar-refractivity contribution in [3.8, 4) is 12.3 Å². The maximum absolute atomic E-state index is 11.5. The van der Waals surface area contributed by atoms with Crippen molar-refractivity contribution in [3.05, 3.63) is 35.9 Å². The predicted octanol–water partition coefficient (Wildman–Crippen LogP) is 1.02. The fourth-order valence-corrected chi connectivity index (χ4v) is 1.32. The predicted molar refractivity (Wildman–Crippen MR) is 70.8 cm³/mol. The molecule has 0 bridgehead atoms. The lowest BCUT2D eigenvalue weighted by Crippen LogP contribution is -2.44. The number of ether oxygens (including phenoxy) is 2. The van der Waals surface area contributed by atoms with Gasteiger partial charge in [-0.15, -0.1) is 6.42 Å². The first-order chi connectivity index (χ1) is 9.63. The van der Waals surface area contributed by atoms with Crippen molar-refractivity contribution < 1.29 is 24.2 Å². The van der Waals surface area contributed by atoms with Crippen LogP contribution in [0.3, 0.4) is 0 Å². The third kappa shape index (κ3) is 5.89. The Morgan fingerprint density at radius 3 is 2.65 bits per heavy atom. The smallest absolute Gasteiger partial charge is 0.408 e. The third-order valence-corrected chi connectivity index (χ3v) is 2.27. The number of terminal acetylenes is 1. The number of hydrogen-bond donors (Lipinski definition) is 2. The number of alkyl carbamates (subject to hydrolysis) is 1. The summed E-state index contributed by atoms with van der Waals surface area (Å²) in [6, 6.07) is 7.84. The standard InChI is InChI=1S/C14H15NO5/c1-2-8-19-10-12(13(16)17)15-14(18)20-9-11-6-4-3-5-7-11/h1,3-7,12H,8-10H2,(H,15,18)(H,16,17)/t12-/m0/s1. The Bertz CT molecular complexity index is 480. The molecule has 0 saturated heterocycles. The highest BCUT2D eigenvalue weighted by atomic mass is 16.5. The largest absolute Gasteiger partial charge is 0.480 e. The van der Waals surface area contributed by atoms with Crippen molar-refractivity contribution in [2.24, 2.45) is 0 Å². The molecule has 2 N–H and O–H groups in total. The van der Waals surface area contributed by atoms with E-state index >= 15 is 0 Å². The molecule has 1 atom stereocenters. The molecule has 0 aromatic heterocycles. The molecule has 0 heterocycles. The molecule has 6 nitrogen and oxygen atoms in total. The lowest BCUT2D eigenvalue weighted by Gasteiger charge is -2.14. The second-order valence-corrected chi connectivity index (χ2v) is 3.82. The minimum atomic E-state index is -1.22. The number of aliphatic carboxylic acids is 1. The molecule has 1 rings (SSSR count). The number of carboxylic acid groups (broad SMARTS) is 1. The number of carbonyl (C=O) groups is 2. The molecule has 0 aliphatic heterocycles. The number of benzene rings is 1. The van der Waals surface area contributed by atoms with Crippen LogP contribution in [0.2, 0.25) is 0 Å². The first-order valence-electron chi connectivity index (χ1n) is 5.84. The molecular formula is C14H15NO5. The van der Waals surface area contributed by atoms with E-state index in [2.05, 4.69) is 11.2 Å². The molecule has 0 spiro atoms. The minimum absolute atomic E-state index is 0.0233. The number of carboxylic acids is 1. The molecule has 1 aromatic rings. The van der Waals surface area contributed by atoms with E-state index < -0.39 is 18.1 Å². The van der Waals surface area contributed by atoms with E-state index in [1.54, 1.807) is 12.1 Å². The number of nitrogens with one attached hydrogen (secondary N) is 1. The number of rotatable bonds is 7. The van der Waals surface area contributed by atoms with Crippen LogP contribution in [-0.4, -0.2) is 36.4 Å². The van der Waals surface area contributed by atoms with Gasteiger partial charge in [0.05, 0.1) is 6.61 Å². The molecule has 1 amide bonds. The molecule has 0 saturated carbocycles. The van der Waals surface area contributed by atoms with E-state index in [4.69, 9.17) is 21.0 Å². The molecular weight excluding hydrogens is 262 g/mol. The summed E-state index contributed by atoms with van der Waals surface area (Å²) in [7, 11) is 0. The summed E-state index contributed by atoms with van der Waals surface area (Å²) in [6.07, 6.45) is 4.14. The Hall–Kier alpha value is -2.52. The Morgan fingerprint density at radius 2 is 2.05 bits per heavy atom. The topological polar surface area (TPSA) is 84.9 Å². The average Bonchev–Trinajstić information content (AvgIpc) is 2.45. The van der Waals surface area contributed by atoms with E-state index in [1.807, 2.05) is 18.2 Å². The van der Waals surface area contributed by atoms with E-state index in [9.17, 15) is 9.59 Å². The highest BCUT2D eigenvalue weighted by Gasteiger charge is 2.20. The highest BCUT2D eigenvalue weighted by Crippen LogP contribution is 2.00. The van der Waals surface area contributed by atoms with Crippen LogP contribution in [0.4, 0.5) is 4.79 Å². The van der Waals surface area contributed by atoms with Gasteiger partial charge in [-0.25, -0.2) is 9.59 Å². The summed E-state index contributed by atoms with van der Waals surface area (Å²) in [4.78, 5) is 22.4. The van der Waals surface area contributed by atoms with Gasteiger partial charge in [0.25, 0.3) is 0 Å². The van der Waals surface area contributed by atoms with Crippen molar-refractivity contribution in [1.29, 1.82) is 0 Å². The van der Waals surface area contributed by atoms with E-state index in [1.165, 1.54) is 0 Å². The van der Waals surface area contributed by atoms with Gasteiger partial charge in [-0.1, -0.05) is 36.3 Å². The Labute approximate surface area is 116 Å². The van der Waals surface area contributed by atoms with E-state index in [0.29, 0.717) is 0 Å². The van der Waals surface area contributed by atoms with Crippen LogP contribution in [0.25, 0.3) is 0 Å². The molecule has 0 fully saturated rings. The van der Waals surface area contributed by atoms with Gasteiger partial charge in [-0.3, -0.25) is 0 Å². The normalized spacial score (nSPS) is 11.2. The fraction of sp³-hybridized carbons (Fsp3) is 0.286. The van der Waals surface area contributed by atoms with Gasteiger partial charge in [0.1, 0.15) is 13.2 Å². The van der Waals surface area contributed by atoms with Gasteiger partial charge in [-0.05, 0) is 5.56 Å². The van der Waals surface area contributed by atoms with Crippen LogP contribution >= 0.6 is 0 Å². The van der Waals surface area contributed by atoms with Crippen LogP contribution in [0, 0.1) is 12.3 Å². The zero-order chi connectivity index (χ0) is 14.8. The number of amides is 1. The van der Waals surface area contributed by atoms with Crippen molar-refractivity contribution in [2.75, 3.05) is 13.2 Å². The Balaban J connectivity index is 2.38. The van der Waals surface area contributed by atoms with Crippen LogP contribution in [-0.2, 0) is 20.9 Å². The summed E-state index contributed by atoms with van der Waals surface area (Å²) >= 11 is 0. The van der Waals surface area contributed by atoms with Crippen LogP contribution in [0.5, 0.6) is 0 Å². The summed E-state index contributed by atoms with van der Waals surface area (Å²) in [5.74, 6) is 0.979. The van der Waals surface area contributed by atoms with E-state index in [0.717, 1.165) is 5.56 Å². The van der Waals surface area contributed by atoms with Gasteiger partial charge in [0.2, 0.25) is 0 Å². The maximum Gasteiger partial charge on any atom is 0.408 e. The molecule has 1 aromatic carbocycles. The van der Waals surface area contributed by atoms with Crippen LogP contribution < -0.4 is 5.32 Å². The summed E-state index contributed by atoms with van der Waals surface area (Å²) in [5.41, 5.74) is 0.804. The molecule has 0 unspecified atom stereocenters. The number of hydrogen-bond acceptors (Lipinski definition) is 4. The van der Waals surface area contributed by atoms with Crippen molar-refractivity contribution >= 4 is 12.1 Å². The molecule has 6 heteroatoms. The molecule has 106 valence electrons. The van der Waals surface area contributed by atoms with Crippen LogP contribution in [0.1, 0.15) is 5.56 Å². The summed E-state index contributed by atoms with van der Waals surface area (Å²) in [6.45, 7) is -0.186. The van der Waals surface area contributed by atoms with Gasteiger partial charge < -0.3 is 19.9 Å². The van der Waals surface area contributed by atoms with Gasteiger partial charge in [-0.2, -0.15) is 0 Å². The molecule has 0 aliphatic carbocycles. The highest BCUT2D eigenvalue weighted by molar-refractivity contribution is 5.80. The van der Waals surface area contributed by atoms with Crippen molar-refractivity contribution in [2.45, 2.75) is 12.6 Å². The monoisotopic (exact) mass is 277 g/mol. The molecule has 0 radical (unpaired) electrons. The number of carbonyl (C=O) groups excluding carboxylic acids is 1. The van der Waals surface area contributed by atoms with E-state index in [-0.39, 0.29) is 19.8 Å². The minimum Gasteiger partial charge on any atom is -0.480 e. The van der Waals surface area contributed by atoms with Crippen molar-refractivity contribution in [1.82, 2.24) is 5.32 Å². The van der Waals surface area contributed by atoms with Gasteiger partial charge in [0, 0.05) is 0 Å². The molecule has 0 aliphatic rings. The lowest BCUT2D eigenvalue weighted by molar-refractivity contribution is -0.140. The lowest BCUT2D eigenvalue weighted by atomic mass is 10.2. The Morgan fingerprint density at radius 1 is 1.35 bits per heavy atom. The maximum atomic E-state index is 11.5.